The van der Waals surface area contributed by atoms with E-state index in [-0.39, 0.29) is 6.10 Å². The van der Waals surface area contributed by atoms with E-state index >= 15 is 0 Å². The van der Waals surface area contributed by atoms with Crippen LogP contribution in [0.4, 0.5) is 5.82 Å². The highest BCUT2D eigenvalue weighted by molar-refractivity contribution is 5.46. The zero-order chi connectivity index (χ0) is 12.3. The fourth-order valence-electron chi connectivity index (χ4n) is 2.07. The molecule has 5 heteroatoms. The average Bonchev–Trinajstić information content (AvgIpc) is 2.35. The average molecular weight is 236 g/mol. The number of nitrogens with zero attached hydrogens (tertiary/aromatic N) is 3. The summed E-state index contributed by atoms with van der Waals surface area (Å²) in [6.45, 7) is 4.16. The Bertz CT molecular complexity index is 375. The third kappa shape index (κ3) is 2.85. The predicted octanol–water partition coefficient (Wildman–Crippen LogP) is 1.30. The van der Waals surface area contributed by atoms with Gasteiger partial charge in [0.2, 0.25) is 5.88 Å². The van der Waals surface area contributed by atoms with Crippen LogP contribution in [0, 0.1) is 6.92 Å². The van der Waals surface area contributed by atoms with E-state index in [2.05, 4.69) is 27.2 Å². The van der Waals surface area contributed by atoms with Gasteiger partial charge in [-0.05, 0) is 26.8 Å². The lowest BCUT2D eigenvalue weighted by Crippen LogP contribution is -2.35. The van der Waals surface area contributed by atoms with Crippen LogP contribution in [0.15, 0.2) is 6.33 Å². The Morgan fingerprint density at radius 2 is 2.06 bits per heavy atom. The molecule has 1 aromatic heterocycles. The third-order valence-electron chi connectivity index (χ3n) is 3.22. The first kappa shape index (κ1) is 12.1. The standard InChI is InChI=1S/C12H20N4O/c1-9-11(13-2)14-8-15-12(9)17-10-4-6-16(3)7-5-10/h8,10H,4-7H2,1-3H3,(H,13,14,15). The lowest BCUT2D eigenvalue weighted by atomic mass is 10.1. The van der Waals surface area contributed by atoms with E-state index < -0.39 is 0 Å². The van der Waals surface area contributed by atoms with Crippen molar-refractivity contribution in [1.82, 2.24) is 14.9 Å². The van der Waals surface area contributed by atoms with Crippen molar-refractivity contribution in [2.75, 3.05) is 32.5 Å². The van der Waals surface area contributed by atoms with Gasteiger partial charge in [-0.25, -0.2) is 9.97 Å². The van der Waals surface area contributed by atoms with Gasteiger partial charge in [-0.3, -0.25) is 0 Å². The van der Waals surface area contributed by atoms with Gasteiger partial charge in [0.25, 0.3) is 0 Å². The van der Waals surface area contributed by atoms with Crippen molar-refractivity contribution in [3.63, 3.8) is 0 Å². The summed E-state index contributed by atoms with van der Waals surface area (Å²) in [5, 5.41) is 3.04. The Labute approximate surface area is 102 Å². The summed E-state index contributed by atoms with van der Waals surface area (Å²) in [6, 6.07) is 0. The maximum atomic E-state index is 5.96. The first-order chi connectivity index (χ1) is 8.20. The van der Waals surface area contributed by atoms with Crippen LogP contribution in [0.1, 0.15) is 18.4 Å². The van der Waals surface area contributed by atoms with Gasteiger partial charge in [0.15, 0.2) is 0 Å². The topological polar surface area (TPSA) is 50.3 Å². The van der Waals surface area contributed by atoms with Crippen LogP contribution in [0.25, 0.3) is 0 Å². The minimum atomic E-state index is 0.282. The van der Waals surface area contributed by atoms with Gasteiger partial charge in [-0.2, -0.15) is 0 Å². The molecule has 1 aliphatic heterocycles. The van der Waals surface area contributed by atoms with Crippen molar-refractivity contribution >= 4 is 5.82 Å². The molecule has 94 valence electrons. The van der Waals surface area contributed by atoms with Crippen LogP contribution >= 0.6 is 0 Å². The Hall–Kier alpha value is -1.36. The highest BCUT2D eigenvalue weighted by atomic mass is 16.5. The van der Waals surface area contributed by atoms with E-state index in [0.717, 1.165) is 37.3 Å². The lowest BCUT2D eigenvalue weighted by molar-refractivity contribution is 0.109. The van der Waals surface area contributed by atoms with Gasteiger partial charge < -0.3 is 15.0 Å². The van der Waals surface area contributed by atoms with E-state index in [9.17, 15) is 0 Å². The van der Waals surface area contributed by atoms with E-state index in [1.807, 2.05) is 14.0 Å². The number of piperidine rings is 1. The molecular weight excluding hydrogens is 216 g/mol. The molecule has 0 aliphatic carbocycles. The van der Waals surface area contributed by atoms with E-state index in [4.69, 9.17) is 4.74 Å². The number of rotatable bonds is 3. The number of nitrogens with one attached hydrogen (secondary N) is 1. The predicted molar refractivity (Wildman–Crippen MR) is 67.5 cm³/mol. The highest BCUT2D eigenvalue weighted by Crippen LogP contribution is 2.23. The van der Waals surface area contributed by atoms with Crippen LogP contribution < -0.4 is 10.1 Å². The molecule has 1 saturated heterocycles. The van der Waals surface area contributed by atoms with Gasteiger partial charge in [0.05, 0.1) is 5.56 Å². The molecule has 0 bridgehead atoms. The molecule has 2 rings (SSSR count). The first-order valence-corrected chi connectivity index (χ1v) is 6.05. The molecule has 2 heterocycles. The second kappa shape index (κ2) is 5.31. The van der Waals surface area contributed by atoms with Crippen LogP contribution in [0.5, 0.6) is 5.88 Å². The molecular formula is C12H20N4O. The Morgan fingerprint density at radius 3 is 2.71 bits per heavy atom. The number of aromatic nitrogens is 2. The van der Waals surface area contributed by atoms with Crippen LogP contribution in [0.2, 0.25) is 0 Å². The molecule has 0 unspecified atom stereocenters. The maximum Gasteiger partial charge on any atom is 0.221 e. The molecule has 0 amide bonds. The summed E-state index contributed by atoms with van der Waals surface area (Å²) in [4.78, 5) is 10.7. The molecule has 1 aromatic rings. The van der Waals surface area contributed by atoms with Crippen LogP contribution in [-0.4, -0.2) is 48.2 Å². The number of hydrogen-bond acceptors (Lipinski definition) is 5. The zero-order valence-electron chi connectivity index (χ0n) is 10.7. The monoisotopic (exact) mass is 236 g/mol. The maximum absolute atomic E-state index is 5.96. The fourth-order valence-corrected chi connectivity index (χ4v) is 2.07. The van der Waals surface area contributed by atoms with Crippen LogP contribution in [-0.2, 0) is 0 Å². The second-order valence-corrected chi connectivity index (χ2v) is 4.52. The van der Waals surface area contributed by atoms with Gasteiger partial charge in [0, 0.05) is 20.1 Å². The normalized spacial score (nSPS) is 18.1. The van der Waals surface area contributed by atoms with E-state index in [1.165, 1.54) is 0 Å². The van der Waals surface area contributed by atoms with Crippen molar-refractivity contribution in [2.24, 2.45) is 0 Å². The van der Waals surface area contributed by atoms with Crippen molar-refractivity contribution in [3.05, 3.63) is 11.9 Å². The minimum absolute atomic E-state index is 0.282. The number of anilines is 1. The highest BCUT2D eigenvalue weighted by Gasteiger charge is 2.19. The molecule has 1 fully saturated rings. The van der Waals surface area contributed by atoms with Gasteiger partial charge in [0.1, 0.15) is 18.2 Å². The van der Waals surface area contributed by atoms with E-state index in [1.54, 1.807) is 6.33 Å². The Balaban J connectivity index is 2.03. The summed E-state index contributed by atoms with van der Waals surface area (Å²) in [5.41, 5.74) is 0.980. The lowest BCUT2D eigenvalue weighted by Gasteiger charge is -2.29. The summed E-state index contributed by atoms with van der Waals surface area (Å²) in [6.07, 6.45) is 3.96. The second-order valence-electron chi connectivity index (χ2n) is 4.52. The number of likely N-dealkylation sites (tertiary alicyclic amines) is 1. The zero-order valence-corrected chi connectivity index (χ0v) is 10.7. The summed E-state index contributed by atoms with van der Waals surface area (Å²) < 4.78 is 5.96. The van der Waals surface area contributed by atoms with Crippen molar-refractivity contribution in [1.29, 1.82) is 0 Å². The Morgan fingerprint density at radius 1 is 1.35 bits per heavy atom. The molecule has 5 nitrogen and oxygen atoms in total. The summed E-state index contributed by atoms with van der Waals surface area (Å²) >= 11 is 0. The molecule has 0 saturated carbocycles. The largest absolute Gasteiger partial charge is 0.474 e. The molecule has 0 aromatic carbocycles. The molecule has 1 N–H and O–H groups in total. The van der Waals surface area contributed by atoms with Gasteiger partial charge in [-0.1, -0.05) is 0 Å². The molecule has 0 atom stereocenters. The Kier molecular flexibility index (Phi) is 3.78. The number of ether oxygens (including phenoxy) is 1. The third-order valence-corrected chi connectivity index (χ3v) is 3.22. The summed E-state index contributed by atoms with van der Waals surface area (Å²) in [7, 11) is 4.00. The van der Waals surface area contributed by atoms with E-state index in [0.29, 0.717) is 5.88 Å². The summed E-state index contributed by atoms with van der Waals surface area (Å²) in [5.74, 6) is 1.54. The smallest absolute Gasteiger partial charge is 0.221 e. The number of hydrogen-bond donors (Lipinski definition) is 1. The SMILES string of the molecule is CNc1ncnc(OC2CCN(C)CC2)c1C. The van der Waals surface area contributed by atoms with Crippen molar-refractivity contribution in [2.45, 2.75) is 25.9 Å². The molecule has 17 heavy (non-hydrogen) atoms. The molecule has 1 aliphatic rings. The first-order valence-electron chi connectivity index (χ1n) is 6.05. The molecule has 0 radical (unpaired) electrons. The van der Waals surface area contributed by atoms with Crippen LogP contribution in [0.3, 0.4) is 0 Å². The van der Waals surface area contributed by atoms with Crippen molar-refractivity contribution < 1.29 is 4.74 Å². The quantitative estimate of drug-likeness (QED) is 0.857. The minimum Gasteiger partial charge on any atom is -0.474 e. The van der Waals surface area contributed by atoms with Crippen molar-refractivity contribution in [3.8, 4) is 5.88 Å². The van der Waals surface area contributed by atoms with Gasteiger partial charge >= 0.3 is 0 Å². The fraction of sp³-hybridized carbons (Fsp3) is 0.667. The molecule has 0 spiro atoms. The van der Waals surface area contributed by atoms with Gasteiger partial charge in [-0.15, -0.1) is 0 Å².